The van der Waals surface area contributed by atoms with Gasteiger partial charge in [0.1, 0.15) is 5.92 Å². The SMILES string of the molecule is CCCC1C(=O)NC(=O)N(CC2(N(C)C)CCCC2)C1=O. The molecular weight excluding hydrogens is 270 g/mol. The first-order valence-electron chi connectivity index (χ1n) is 7.75. The molecule has 21 heavy (non-hydrogen) atoms. The Kier molecular flexibility index (Phi) is 4.66. The van der Waals surface area contributed by atoms with Crippen molar-refractivity contribution < 1.29 is 14.4 Å². The number of hydrogen-bond donors (Lipinski definition) is 1. The number of nitrogens with one attached hydrogen (secondary N) is 1. The van der Waals surface area contributed by atoms with E-state index >= 15 is 0 Å². The largest absolute Gasteiger partial charge is 0.330 e. The van der Waals surface area contributed by atoms with Crippen LogP contribution in [0.15, 0.2) is 0 Å². The lowest BCUT2D eigenvalue weighted by atomic mass is 9.93. The second-order valence-corrected chi connectivity index (χ2v) is 6.39. The minimum Gasteiger partial charge on any atom is -0.302 e. The molecule has 0 spiro atoms. The number of amides is 4. The van der Waals surface area contributed by atoms with Gasteiger partial charge in [-0.1, -0.05) is 26.2 Å². The number of nitrogens with zero attached hydrogens (tertiary/aromatic N) is 2. The highest BCUT2D eigenvalue weighted by Gasteiger charge is 2.45. The highest BCUT2D eigenvalue weighted by Crippen LogP contribution is 2.35. The van der Waals surface area contributed by atoms with Gasteiger partial charge in [0.2, 0.25) is 11.8 Å². The van der Waals surface area contributed by atoms with Crippen LogP contribution in [0.2, 0.25) is 0 Å². The van der Waals surface area contributed by atoms with Gasteiger partial charge in [-0.25, -0.2) is 4.79 Å². The maximum absolute atomic E-state index is 12.5. The average Bonchev–Trinajstić information content (AvgIpc) is 2.89. The Morgan fingerprint density at radius 2 is 1.86 bits per heavy atom. The summed E-state index contributed by atoms with van der Waals surface area (Å²) in [6.07, 6.45) is 5.40. The van der Waals surface area contributed by atoms with Crippen LogP contribution in [0, 0.1) is 5.92 Å². The molecule has 0 aromatic carbocycles. The first-order valence-corrected chi connectivity index (χ1v) is 7.75. The molecule has 0 aromatic rings. The van der Waals surface area contributed by atoms with E-state index in [4.69, 9.17) is 0 Å². The van der Waals surface area contributed by atoms with Crippen LogP contribution in [0.25, 0.3) is 0 Å². The molecule has 1 saturated carbocycles. The van der Waals surface area contributed by atoms with Gasteiger partial charge in [-0.2, -0.15) is 0 Å². The Morgan fingerprint density at radius 1 is 1.24 bits per heavy atom. The summed E-state index contributed by atoms with van der Waals surface area (Å²) in [5.74, 6) is -1.50. The summed E-state index contributed by atoms with van der Waals surface area (Å²) in [6.45, 7) is 2.30. The fourth-order valence-electron chi connectivity index (χ4n) is 3.43. The molecular formula is C15H25N3O3. The quantitative estimate of drug-likeness (QED) is 0.777. The van der Waals surface area contributed by atoms with Crippen molar-refractivity contribution in [3.63, 3.8) is 0 Å². The van der Waals surface area contributed by atoms with E-state index < -0.39 is 17.9 Å². The van der Waals surface area contributed by atoms with Gasteiger partial charge in [-0.3, -0.25) is 19.8 Å². The summed E-state index contributed by atoms with van der Waals surface area (Å²) in [5, 5.41) is 2.33. The van der Waals surface area contributed by atoms with E-state index in [1.807, 2.05) is 21.0 Å². The van der Waals surface area contributed by atoms with Crippen LogP contribution >= 0.6 is 0 Å². The van der Waals surface area contributed by atoms with E-state index in [0.717, 1.165) is 32.1 Å². The molecule has 2 aliphatic rings. The molecule has 118 valence electrons. The highest BCUT2D eigenvalue weighted by molar-refractivity contribution is 6.16. The molecule has 0 aromatic heterocycles. The second-order valence-electron chi connectivity index (χ2n) is 6.39. The van der Waals surface area contributed by atoms with Crippen LogP contribution in [-0.4, -0.2) is 53.8 Å². The zero-order valence-corrected chi connectivity index (χ0v) is 13.1. The predicted octanol–water partition coefficient (Wildman–Crippen LogP) is 1.36. The fourth-order valence-corrected chi connectivity index (χ4v) is 3.43. The number of urea groups is 1. The average molecular weight is 295 g/mol. The highest BCUT2D eigenvalue weighted by atomic mass is 16.2. The number of likely N-dealkylation sites (N-methyl/N-ethyl adjacent to an activating group) is 1. The molecule has 2 rings (SSSR count). The minimum atomic E-state index is -0.715. The maximum Gasteiger partial charge on any atom is 0.330 e. The molecule has 1 aliphatic heterocycles. The van der Waals surface area contributed by atoms with E-state index in [-0.39, 0.29) is 11.4 Å². The van der Waals surface area contributed by atoms with Gasteiger partial charge in [0.05, 0.1) is 0 Å². The van der Waals surface area contributed by atoms with Crippen molar-refractivity contribution in [3.8, 4) is 0 Å². The zero-order valence-electron chi connectivity index (χ0n) is 13.1. The molecule has 2 fully saturated rings. The van der Waals surface area contributed by atoms with Gasteiger partial charge >= 0.3 is 6.03 Å². The van der Waals surface area contributed by atoms with Crippen LogP contribution in [-0.2, 0) is 9.59 Å². The van der Waals surface area contributed by atoms with Gasteiger partial charge in [0, 0.05) is 12.1 Å². The first-order chi connectivity index (χ1) is 9.91. The summed E-state index contributed by atoms with van der Waals surface area (Å²) in [5.41, 5.74) is -0.149. The molecule has 1 saturated heterocycles. The van der Waals surface area contributed by atoms with Crippen molar-refractivity contribution in [2.24, 2.45) is 5.92 Å². The van der Waals surface area contributed by atoms with Crippen molar-refractivity contribution in [3.05, 3.63) is 0 Å². The zero-order chi connectivity index (χ0) is 15.6. The lowest BCUT2D eigenvalue weighted by molar-refractivity contribution is -0.144. The van der Waals surface area contributed by atoms with Gasteiger partial charge in [-0.15, -0.1) is 0 Å². The molecule has 1 atom stereocenters. The lowest BCUT2D eigenvalue weighted by Gasteiger charge is -2.41. The van der Waals surface area contributed by atoms with Gasteiger partial charge in [0.25, 0.3) is 0 Å². The fraction of sp³-hybridized carbons (Fsp3) is 0.800. The van der Waals surface area contributed by atoms with Crippen molar-refractivity contribution in [1.29, 1.82) is 0 Å². The third-order valence-electron chi connectivity index (χ3n) is 4.87. The van der Waals surface area contributed by atoms with E-state index in [0.29, 0.717) is 13.0 Å². The summed E-state index contributed by atoms with van der Waals surface area (Å²) in [7, 11) is 3.98. The molecule has 1 unspecified atom stereocenters. The molecule has 1 heterocycles. The van der Waals surface area contributed by atoms with Crippen molar-refractivity contribution in [2.45, 2.75) is 51.0 Å². The minimum absolute atomic E-state index is 0.149. The standard InChI is InChI=1S/C15H25N3O3/c1-4-7-11-12(19)16-14(21)18(13(11)20)10-15(17(2)3)8-5-6-9-15/h11H,4-10H2,1-3H3,(H,16,19,21). The smallest absolute Gasteiger partial charge is 0.302 e. The molecule has 4 amide bonds. The second kappa shape index (κ2) is 6.13. The Morgan fingerprint density at radius 3 is 2.38 bits per heavy atom. The van der Waals surface area contributed by atoms with Crippen molar-refractivity contribution >= 4 is 17.8 Å². The van der Waals surface area contributed by atoms with Crippen LogP contribution in [0.1, 0.15) is 45.4 Å². The normalized spacial score (nSPS) is 25.6. The van der Waals surface area contributed by atoms with Crippen molar-refractivity contribution in [1.82, 2.24) is 15.1 Å². The van der Waals surface area contributed by atoms with E-state index in [1.54, 1.807) is 0 Å². The molecule has 0 radical (unpaired) electrons. The number of barbiturate groups is 1. The molecule has 1 N–H and O–H groups in total. The third kappa shape index (κ3) is 2.95. The number of carbonyl (C=O) groups excluding carboxylic acids is 3. The Hall–Kier alpha value is -1.43. The summed E-state index contributed by atoms with van der Waals surface area (Å²) < 4.78 is 0. The first kappa shape index (κ1) is 15.9. The lowest BCUT2D eigenvalue weighted by Crippen LogP contribution is -2.62. The number of imide groups is 2. The molecule has 1 aliphatic carbocycles. The van der Waals surface area contributed by atoms with E-state index in [2.05, 4.69) is 10.2 Å². The van der Waals surface area contributed by atoms with Crippen LogP contribution in [0.4, 0.5) is 4.79 Å². The maximum atomic E-state index is 12.5. The molecule has 6 heteroatoms. The Balaban J connectivity index is 2.19. The van der Waals surface area contributed by atoms with Gasteiger partial charge in [-0.05, 0) is 33.4 Å². The van der Waals surface area contributed by atoms with E-state index in [9.17, 15) is 14.4 Å². The molecule has 6 nitrogen and oxygen atoms in total. The predicted molar refractivity (Wildman–Crippen MR) is 78.5 cm³/mol. The monoisotopic (exact) mass is 295 g/mol. The number of hydrogen-bond acceptors (Lipinski definition) is 4. The summed E-state index contributed by atoms with van der Waals surface area (Å²) in [4.78, 5) is 39.8. The number of carbonyl (C=O) groups is 3. The van der Waals surface area contributed by atoms with E-state index in [1.165, 1.54) is 4.90 Å². The van der Waals surface area contributed by atoms with Crippen LogP contribution in [0.3, 0.4) is 0 Å². The van der Waals surface area contributed by atoms with Gasteiger partial charge < -0.3 is 4.90 Å². The third-order valence-corrected chi connectivity index (χ3v) is 4.87. The van der Waals surface area contributed by atoms with Gasteiger partial charge in [0.15, 0.2) is 0 Å². The van der Waals surface area contributed by atoms with Crippen LogP contribution in [0.5, 0.6) is 0 Å². The van der Waals surface area contributed by atoms with Crippen molar-refractivity contribution in [2.75, 3.05) is 20.6 Å². The number of rotatable bonds is 5. The molecule has 0 bridgehead atoms. The van der Waals surface area contributed by atoms with Crippen LogP contribution < -0.4 is 5.32 Å². The Labute approximate surface area is 125 Å². The summed E-state index contributed by atoms with van der Waals surface area (Å²) >= 11 is 0. The topological polar surface area (TPSA) is 69.7 Å². The summed E-state index contributed by atoms with van der Waals surface area (Å²) in [6, 6.07) is -0.564. The Bertz CT molecular complexity index is 441.